The van der Waals surface area contributed by atoms with Gasteiger partial charge in [-0.3, -0.25) is 4.79 Å². The van der Waals surface area contributed by atoms with E-state index in [1.807, 2.05) is 38.4 Å². The van der Waals surface area contributed by atoms with Crippen LogP contribution >= 0.6 is 0 Å². The van der Waals surface area contributed by atoms with Gasteiger partial charge in [0.2, 0.25) is 0 Å². The maximum absolute atomic E-state index is 12.9. The van der Waals surface area contributed by atoms with Gasteiger partial charge < -0.3 is 14.7 Å². The van der Waals surface area contributed by atoms with Crippen LogP contribution in [0.15, 0.2) is 48.5 Å². The van der Waals surface area contributed by atoms with Crippen LogP contribution in [0.2, 0.25) is 0 Å². The fourth-order valence-corrected chi connectivity index (χ4v) is 3.14. The number of carbonyl (C=O) groups is 1. The monoisotopic (exact) mass is 377 g/mol. The molecule has 1 aliphatic heterocycles. The highest BCUT2D eigenvalue weighted by Gasteiger charge is 2.31. The van der Waals surface area contributed by atoms with Crippen LogP contribution in [0.1, 0.15) is 15.9 Å². The van der Waals surface area contributed by atoms with Crippen molar-refractivity contribution in [2.24, 2.45) is 0 Å². The van der Waals surface area contributed by atoms with E-state index >= 15 is 0 Å². The lowest BCUT2D eigenvalue weighted by Gasteiger charge is -2.38. The molecule has 0 fully saturated rings. The Kier molecular flexibility index (Phi) is 5.41. The van der Waals surface area contributed by atoms with Gasteiger partial charge in [0, 0.05) is 31.7 Å². The summed E-state index contributed by atoms with van der Waals surface area (Å²) in [6, 6.07) is 12.0. The van der Waals surface area contributed by atoms with Gasteiger partial charge in [0.1, 0.15) is 0 Å². The minimum Gasteiger partial charge on any atom is -0.367 e. The van der Waals surface area contributed by atoms with Crippen molar-refractivity contribution in [1.29, 1.82) is 0 Å². The van der Waals surface area contributed by atoms with Crippen LogP contribution in [0.3, 0.4) is 0 Å². The maximum Gasteiger partial charge on any atom is 0.416 e. The van der Waals surface area contributed by atoms with Crippen LogP contribution in [0.5, 0.6) is 0 Å². The summed E-state index contributed by atoms with van der Waals surface area (Å²) < 4.78 is 38.2. The van der Waals surface area contributed by atoms with Crippen molar-refractivity contribution in [3.63, 3.8) is 0 Å². The molecule has 0 saturated heterocycles. The predicted molar refractivity (Wildman–Crippen MR) is 100 cm³/mol. The molecule has 3 rings (SSSR count). The largest absolute Gasteiger partial charge is 0.416 e. The first-order chi connectivity index (χ1) is 12.8. The molecule has 0 aliphatic carbocycles. The summed E-state index contributed by atoms with van der Waals surface area (Å²) in [6.45, 7) is 2.90. The number of nitrogens with zero attached hydrogens (tertiary/aromatic N) is 3. The molecule has 1 amide bonds. The number of anilines is 2. The minimum atomic E-state index is -4.41. The van der Waals surface area contributed by atoms with E-state index in [0.29, 0.717) is 13.1 Å². The average Bonchev–Trinajstić information content (AvgIpc) is 2.65. The van der Waals surface area contributed by atoms with Crippen LogP contribution < -0.4 is 9.80 Å². The molecule has 0 radical (unpaired) electrons. The van der Waals surface area contributed by atoms with E-state index in [9.17, 15) is 18.0 Å². The quantitative estimate of drug-likeness (QED) is 0.812. The molecule has 0 atom stereocenters. The zero-order valence-electron chi connectivity index (χ0n) is 15.3. The fourth-order valence-electron chi connectivity index (χ4n) is 3.14. The number of fused-ring (bicyclic) bond motifs is 1. The second-order valence-corrected chi connectivity index (χ2v) is 6.81. The number of carbonyl (C=O) groups excluding carboxylic acids is 1. The topological polar surface area (TPSA) is 26.8 Å². The summed E-state index contributed by atoms with van der Waals surface area (Å²) >= 11 is 0. The van der Waals surface area contributed by atoms with Crippen molar-refractivity contribution < 1.29 is 18.0 Å². The molecule has 0 bridgehead atoms. The Balaban J connectivity index is 1.84. The van der Waals surface area contributed by atoms with Crippen LogP contribution in [-0.2, 0) is 6.18 Å². The molecule has 0 unspecified atom stereocenters. The normalized spacial score (nSPS) is 14.4. The van der Waals surface area contributed by atoms with Crippen LogP contribution in [0.4, 0.5) is 24.5 Å². The fraction of sp³-hybridized carbons (Fsp3) is 0.350. The van der Waals surface area contributed by atoms with Crippen molar-refractivity contribution in [3.8, 4) is 0 Å². The SMILES string of the molecule is CN(C)CCN1CCN(C(=O)c2ccc(C(F)(F)F)cc2)c2ccccc21. The van der Waals surface area contributed by atoms with E-state index in [4.69, 9.17) is 0 Å². The van der Waals surface area contributed by atoms with Gasteiger partial charge in [0.15, 0.2) is 0 Å². The standard InChI is InChI=1S/C20H22F3N3O/c1-24(2)11-12-25-13-14-26(18-6-4-3-5-17(18)25)19(27)15-7-9-16(10-8-15)20(21,22)23/h3-10H,11-14H2,1-2H3. The second kappa shape index (κ2) is 7.60. The van der Waals surface area contributed by atoms with E-state index in [2.05, 4.69) is 9.80 Å². The predicted octanol–water partition coefficient (Wildman–Crippen LogP) is 3.73. The van der Waals surface area contributed by atoms with Crippen molar-refractivity contribution >= 4 is 17.3 Å². The first-order valence-corrected chi connectivity index (χ1v) is 8.75. The summed E-state index contributed by atoms with van der Waals surface area (Å²) in [5.41, 5.74) is 1.24. The van der Waals surface area contributed by atoms with E-state index in [-0.39, 0.29) is 11.5 Å². The summed E-state index contributed by atoms with van der Waals surface area (Å²) in [6.07, 6.45) is -4.41. The Morgan fingerprint density at radius 2 is 1.63 bits per heavy atom. The zero-order chi connectivity index (χ0) is 19.6. The molecular weight excluding hydrogens is 355 g/mol. The van der Waals surface area contributed by atoms with Crippen molar-refractivity contribution in [3.05, 3.63) is 59.7 Å². The van der Waals surface area contributed by atoms with Crippen molar-refractivity contribution in [2.75, 3.05) is 50.1 Å². The third-order valence-corrected chi connectivity index (χ3v) is 4.63. The third kappa shape index (κ3) is 4.24. The van der Waals surface area contributed by atoms with Crippen LogP contribution in [0, 0.1) is 0 Å². The van der Waals surface area contributed by atoms with Gasteiger partial charge in [-0.15, -0.1) is 0 Å². The Labute approximate surface area is 156 Å². The number of rotatable bonds is 4. The van der Waals surface area contributed by atoms with Gasteiger partial charge in [0.25, 0.3) is 5.91 Å². The lowest BCUT2D eigenvalue weighted by atomic mass is 10.1. The smallest absolute Gasteiger partial charge is 0.367 e. The third-order valence-electron chi connectivity index (χ3n) is 4.63. The Bertz CT molecular complexity index is 803. The van der Waals surface area contributed by atoms with E-state index in [1.165, 1.54) is 12.1 Å². The van der Waals surface area contributed by atoms with Crippen molar-refractivity contribution in [2.45, 2.75) is 6.18 Å². The molecule has 1 heterocycles. The second-order valence-electron chi connectivity index (χ2n) is 6.81. The lowest BCUT2D eigenvalue weighted by Crippen LogP contribution is -2.45. The Morgan fingerprint density at radius 3 is 2.22 bits per heavy atom. The van der Waals surface area contributed by atoms with Gasteiger partial charge >= 0.3 is 6.18 Å². The molecule has 0 spiro atoms. The molecule has 4 nitrogen and oxygen atoms in total. The highest BCUT2D eigenvalue weighted by Crippen LogP contribution is 2.34. The summed E-state index contributed by atoms with van der Waals surface area (Å²) in [7, 11) is 4.02. The number of likely N-dealkylation sites (N-methyl/N-ethyl adjacent to an activating group) is 1. The molecule has 0 aromatic heterocycles. The number of halogens is 3. The van der Waals surface area contributed by atoms with Crippen molar-refractivity contribution in [1.82, 2.24) is 4.90 Å². The number of amides is 1. The Hall–Kier alpha value is -2.54. The molecule has 7 heteroatoms. The number of hydrogen-bond acceptors (Lipinski definition) is 3. The van der Waals surface area contributed by atoms with Gasteiger partial charge in [-0.2, -0.15) is 13.2 Å². The van der Waals surface area contributed by atoms with Gasteiger partial charge in [0.05, 0.1) is 16.9 Å². The number of hydrogen-bond donors (Lipinski definition) is 0. The molecule has 0 saturated carbocycles. The van der Waals surface area contributed by atoms with Crippen LogP contribution in [0.25, 0.3) is 0 Å². The number of benzene rings is 2. The molecule has 1 aliphatic rings. The first-order valence-electron chi connectivity index (χ1n) is 8.75. The number of alkyl halides is 3. The molecule has 0 N–H and O–H groups in total. The van der Waals surface area contributed by atoms with Gasteiger partial charge in [-0.05, 0) is 50.5 Å². The molecule has 144 valence electrons. The summed E-state index contributed by atoms with van der Waals surface area (Å²) in [5, 5.41) is 0. The van der Waals surface area contributed by atoms with Gasteiger partial charge in [-0.25, -0.2) is 0 Å². The Morgan fingerprint density at radius 1 is 1.00 bits per heavy atom. The maximum atomic E-state index is 12.9. The van der Waals surface area contributed by atoms with E-state index < -0.39 is 11.7 Å². The summed E-state index contributed by atoms with van der Waals surface area (Å²) in [4.78, 5) is 18.9. The van der Waals surface area contributed by atoms with Gasteiger partial charge in [-0.1, -0.05) is 12.1 Å². The highest BCUT2D eigenvalue weighted by atomic mass is 19.4. The molecule has 2 aromatic rings. The average molecular weight is 377 g/mol. The first kappa shape index (κ1) is 19.2. The summed E-state index contributed by atoms with van der Waals surface area (Å²) in [5.74, 6) is -0.288. The zero-order valence-corrected chi connectivity index (χ0v) is 15.3. The number of para-hydroxylation sites is 2. The molecule has 2 aromatic carbocycles. The van der Waals surface area contributed by atoms with E-state index in [0.717, 1.165) is 36.6 Å². The molecule has 27 heavy (non-hydrogen) atoms. The van der Waals surface area contributed by atoms with E-state index in [1.54, 1.807) is 4.90 Å². The minimum absolute atomic E-state index is 0.250. The highest BCUT2D eigenvalue weighted by molar-refractivity contribution is 6.08. The van der Waals surface area contributed by atoms with Crippen LogP contribution in [-0.4, -0.2) is 51.1 Å². The molecular formula is C20H22F3N3O. The lowest BCUT2D eigenvalue weighted by molar-refractivity contribution is -0.137.